The van der Waals surface area contributed by atoms with Gasteiger partial charge in [-0.1, -0.05) is 23.4 Å². The molecule has 6 rings (SSSR count). The lowest BCUT2D eigenvalue weighted by atomic mass is 9.99. The third-order valence-corrected chi connectivity index (χ3v) is 7.29. The second-order valence-electron chi connectivity index (χ2n) is 9.84. The molecule has 0 spiro atoms. The molecule has 1 aliphatic carbocycles. The number of aromatic amines is 1. The van der Waals surface area contributed by atoms with E-state index in [2.05, 4.69) is 37.5 Å². The number of hydrogen-bond donors (Lipinski definition) is 1. The Hall–Kier alpha value is -4.94. The maximum atomic E-state index is 14.9. The van der Waals surface area contributed by atoms with Crippen LogP contribution < -0.4 is 10.5 Å². The average molecular weight is 544 g/mol. The molecular weight excluding hydrogens is 517 g/mol. The first kappa shape index (κ1) is 25.3. The molecule has 1 amide bonds. The molecule has 2 aliphatic rings. The van der Waals surface area contributed by atoms with Gasteiger partial charge in [-0.15, -0.1) is 5.10 Å². The summed E-state index contributed by atoms with van der Waals surface area (Å²) in [6.45, 7) is 2.90. The number of halogens is 1. The highest BCUT2D eigenvalue weighted by Crippen LogP contribution is 2.30. The number of pyridine rings is 1. The highest BCUT2D eigenvalue weighted by molar-refractivity contribution is 6.45. The molecule has 0 unspecified atom stereocenters. The fraction of sp³-hybridized carbons (Fsp3) is 0.296. The third-order valence-electron chi connectivity index (χ3n) is 7.29. The van der Waals surface area contributed by atoms with Crippen LogP contribution in [0.15, 0.2) is 53.9 Å². The zero-order chi connectivity index (χ0) is 28.0. The van der Waals surface area contributed by atoms with E-state index in [-0.39, 0.29) is 40.4 Å². The number of amides is 1. The van der Waals surface area contributed by atoms with Crippen LogP contribution in [0.5, 0.6) is 0 Å². The summed E-state index contributed by atoms with van der Waals surface area (Å²) >= 11 is 0. The van der Waals surface area contributed by atoms with E-state index in [0.29, 0.717) is 18.9 Å². The molecule has 1 N–H and O–H groups in total. The van der Waals surface area contributed by atoms with Crippen molar-refractivity contribution in [3.8, 4) is 5.82 Å². The van der Waals surface area contributed by atoms with Crippen LogP contribution in [0.2, 0.25) is 0 Å². The summed E-state index contributed by atoms with van der Waals surface area (Å²) in [4.78, 5) is 49.7. The van der Waals surface area contributed by atoms with Crippen LogP contribution in [0.3, 0.4) is 0 Å². The van der Waals surface area contributed by atoms with Gasteiger partial charge in [0.2, 0.25) is 0 Å². The molecule has 5 heterocycles. The number of carbonyl (C=O) groups is 2. The molecule has 4 aromatic rings. The van der Waals surface area contributed by atoms with Crippen molar-refractivity contribution in [3.63, 3.8) is 0 Å². The topological polar surface area (TPSA) is 135 Å². The number of nitrogens with one attached hydrogen (secondary N) is 1. The van der Waals surface area contributed by atoms with Crippen molar-refractivity contribution >= 4 is 34.0 Å². The number of fused-ring (bicyclic) bond motifs is 1. The van der Waals surface area contributed by atoms with Crippen molar-refractivity contribution in [1.82, 2.24) is 39.6 Å². The SMILES string of the molecule is C[C@@H]1CN(c2nn(C)c(=O)cc2C2=CCCC=C2)CCN1C(=O)C(=O)c1c[nH]c2c(-n3ccnn3)ncc(F)c12. The van der Waals surface area contributed by atoms with E-state index in [1.165, 1.54) is 26.7 Å². The Bertz CT molecular complexity index is 1750. The molecule has 0 aromatic carbocycles. The lowest BCUT2D eigenvalue weighted by Crippen LogP contribution is -2.56. The Morgan fingerprint density at radius 1 is 1.18 bits per heavy atom. The smallest absolute Gasteiger partial charge is 0.295 e. The predicted molar refractivity (Wildman–Crippen MR) is 145 cm³/mol. The molecular formula is C27H26FN9O3. The Balaban J connectivity index is 1.26. The van der Waals surface area contributed by atoms with Gasteiger partial charge in [0.1, 0.15) is 0 Å². The Morgan fingerprint density at radius 3 is 2.75 bits per heavy atom. The number of carbonyl (C=O) groups excluding carboxylic acids is 2. The first-order valence-corrected chi connectivity index (χ1v) is 12.9. The lowest BCUT2D eigenvalue weighted by molar-refractivity contribution is -0.128. The van der Waals surface area contributed by atoms with Crippen molar-refractivity contribution < 1.29 is 14.0 Å². The number of aromatic nitrogens is 7. The van der Waals surface area contributed by atoms with E-state index >= 15 is 0 Å². The van der Waals surface area contributed by atoms with Crippen molar-refractivity contribution in [2.24, 2.45) is 7.05 Å². The number of rotatable bonds is 5. The second kappa shape index (κ2) is 9.98. The first-order chi connectivity index (χ1) is 19.3. The van der Waals surface area contributed by atoms with Gasteiger partial charge in [0, 0.05) is 50.6 Å². The van der Waals surface area contributed by atoms with Gasteiger partial charge >= 0.3 is 0 Å². The summed E-state index contributed by atoms with van der Waals surface area (Å²) in [5.74, 6) is -1.37. The van der Waals surface area contributed by atoms with Crippen LogP contribution in [-0.4, -0.2) is 77.0 Å². The van der Waals surface area contributed by atoms with Crippen LogP contribution in [-0.2, 0) is 11.8 Å². The molecule has 13 heteroatoms. The highest BCUT2D eigenvalue weighted by atomic mass is 19.1. The minimum Gasteiger partial charge on any atom is -0.357 e. The van der Waals surface area contributed by atoms with Crippen molar-refractivity contribution in [2.45, 2.75) is 25.8 Å². The van der Waals surface area contributed by atoms with Crippen LogP contribution in [0.1, 0.15) is 35.7 Å². The summed E-state index contributed by atoms with van der Waals surface area (Å²) < 4.78 is 17.5. The van der Waals surface area contributed by atoms with Gasteiger partial charge in [-0.3, -0.25) is 14.4 Å². The standard InChI is InChI=1S/C27H26FN9O3/c1-16-15-35(25-18(12-21(38)34(2)32-25)17-6-4-3-5-7-17)10-11-36(16)27(40)24(39)19-13-29-23-22(19)20(28)14-30-26(23)37-9-8-31-33-37/h4,6-9,12-14,16,29H,3,5,10-11,15H2,1-2H3/t16-/m1/s1. The maximum absolute atomic E-state index is 14.9. The summed E-state index contributed by atoms with van der Waals surface area (Å²) in [5, 5.41) is 12.1. The van der Waals surface area contributed by atoms with Crippen LogP contribution in [0.25, 0.3) is 22.3 Å². The molecule has 204 valence electrons. The Morgan fingerprint density at radius 2 is 2.02 bits per heavy atom. The van der Waals surface area contributed by atoms with Gasteiger partial charge in [0.15, 0.2) is 17.5 Å². The van der Waals surface area contributed by atoms with E-state index in [1.807, 2.05) is 17.9 Å². The van der Waals surface area contributed by atoms with Crippen molar-refractivity contribution in [1.29, 1.82) is 0 Å². The van der Waals surface area contributed by atoms with E-state index in [4.69, 9.17) is 0 Å². The quantitative estimate of drug-likeness (QED) is 0.299. The van der Waals surface area contributed by atoms with Gasteiger partial charge in [-0.05, 0) is 25.3 Å². The Labute approximate surface area is 227 Å². The molecule has 40 heavy (non-hydrogen) atoms. The van der Waals surface area contributed by atoms with Crippen molar-refractivity contribution in [3.05, 3.63) is 76.4 Å². The molecule has 0 radical (unpaired) electrons. The molecule has 0 saturated carbocycles. The number of anilines is 1. The normalized spacial score (nSPS) is 17.4. The summed E-state index contributed by atoms with van der Waals surface area (Å²) in [5.41, 5.74) is 1.63. The summed E-state index contributed by atoms with van der Waals surface area (Å²) in [6, 6.07) is 1.24. The van der Waals surface area contributed by atoms with E-state index < -0.39 is 17.5 Å². The van der Waals surface area contributed by atoms with E-state index in [9.17, 15) is 18.8 Å². The van der Waals surface area contributed by atoms with Gasteiger partial charge in [0.05, 0.1) is 35.1 Å². The van der Waals surface area contributed by atoms with Gasteiger partial charge in [0.25, 0.3) is 17.2 Å². The lowest BCUT2D eigenvalue weighted by Gasteiger charge is -2.40. The molecule has 1 saturated heterocycles. The summed E-state index contributed by atoms with van der Waals surface area (Å²) in [6.07, 6.45) is 13.3. The predicted octanol–water partition coefficient (Wildman–Crippen LogP) is 2.03. The van der Waals surface area contributed by atoms with E-state index in [0.717, 1.165) is 30.2 Å². The number of piperazine rings is 1. The molecule has 0 bridgehead atoms. The zero-order valence-corrected chi connectivity index (χ0v) is 21.9. The molecule has 4 aromatic heterocycles. The van der Waals surface area contributed by atoms with E-state index in [1.54, 1.807) is 19.3 Å². The monoisotopic (exact) mass is 543 g/mol. The fourth-order valence-electron chi connectivity index (χ4n) is 5.25. The maximum Gasteiger partial charge on any atom is 0.295 e. The Kier molecular flexibility index (Phi) is 6.33. The van der Waals surface area contributed by atoms with Gasteiger partial charge in [-0.25, -0.2) is 18.7 Å². The van der Waals surface area contributed by atoms with Gasteiger partial charge in [-0.2, -0.15) is 5.10 Å². The largest absolute Gasteiger partial charge is 0.357 e. The highest BCUT2D eigenvalue weighted by Gasteiger charge is 2.35. The number of aryl methyl sites for hydroxylation is 1. The zero-order valence-electron chi connectivity index (χ0n) is 21.9. The number of allylic oxidation sites excluding steroid dienone is 4. The fourth-order valence-corrected chi connectivity index (χ4v) is 5.25. The molecule has 1 fully saturated rings. The summed E-state index contributed by atoms with van der Waals surface area (Å²) in [7, 11) is 1.60. The number of ketones is 1. The molecule has 1 aliphatic heterocycles. The average Bonchev–Trinajstić information content (AvgIpc) is 3.66. The van der Waals surface area contributed by atoms with Crippen LogP contribution >= 0.6 is 0 Å². The third kappa shape index (κ3) is 4.28. The van der Waals surface area contributed by atoms with Crippen LogP contribution in [0.4, 0.5) is 10.2 Å². The molecule has 12 nitrogen and oxygen atoms in total. The number of hydrogen-bond acceptors (Lipinski definition) is 8. The molecule has 1 atom stereocenters. The minimum atomic E-state index is -0.820. The first-order valence-electron chi connectivity index (χ1n) is 12.9. The second-order valence-corrected chi connectivity index (χ2v) is 9.84. The van der Waals surface area contributed by atoms with Crippen molar-refractivity contribution in [2.75, 3.05) is 24.5 Å². The minimum absolute atomic E-state index is 0.0296. The number of Topliss-reactive ketones (excluding diaryl/α,β-unsaturated/α-hetero) is 1. The number of H-pyrrole nitrogens is 1. The van der Waals surface area contributed by atoms with Crippen LogP contribution in [0, 0.1) is 5.82 Å². The number of nitrogens with zero attached hydrogens (tertiary/aromatic N) is 8. The van der Waals surface area contributed by atoms with Gasteiger partial charge < -0.3 is 14.8 Å².